The lowest BCUT2D eigenvalue weighted by Gasteiger charge is -2.31. The molecule has 3 rings (SSSR count). The maximum atomic E-state index is 12.9. The quantitative estimate of drug-likeness (QED) is 0.627. The van der Waals surface area contributed by atoms with Gasteiger partial charge in [0.05, 0.1) is 21.3 Å². The third-order valence-electron chi connectivity index (χ3n) is 4.86. The number of nitrogens with zero attached hydrogens (tertiary/aromatic N) is 1. The number of barbiturate groups is 1. The fourth-order valence-corrected chi connectivity index (χ4v) is 3.56. The van der Waals surface area contributed by atoms with Gasteiger partial charge in [-0.05, 0) is 31.1 Å². The van der Waals surface area contributed by atoms with Gasteiger partial charge >= 0.3 is 6.03 Å². The zero-order chi connectivity index (χ0) is 19.6. The second-order valence-corrected chi connectivity index (χ2v) is 6.35. The smallest absolute Gasteiger partial charge is 0.331 e. The van der Waals surface area contributed by atoms with Crippen molar-refractivity contribution in [2.24, 2.45) is 0 Å². The van der Waals surface area contributed by atoms with E-state index in [-0.39, 0.29) is 11.6 Å². The van der Waals surface area contributed by atoms with Gasteiger partial charge < -0.3 is 14.2 Å². The minimum absolute atomic E-state index is 0.119. The van der Waals surface area contributed by atoms with Gasteiger partial charge in [-0.2, -0.15) is 0 Å². The van der Waals surface area contributed by atoms with Crippen molar-refractivity contribution in [3.63, 3.8) is 0 Å². The Morgan fingerprint density at radius 3 is 2.26 bits per heavy atom. The molecule has 1 aromatic rings. The van der Waals surface area contributed by atoms with E-state index in [0.717, 1.165) is 30.6 Å². The van der Waals surface area contributed by atoms with E-state index in [4.69, 9.17) is 14.2 Å². The number of urea groups is 1. The number of ether oxygens (including phenoxy) is 3. The second kappa shape index (κ2) is 7.69. The number of hydrogen-bond acceptors (Lipinski definition) is 6. The monoisotopic (exact) mass is 374 g/mol. The molecule has 144 valence electrons. The van der Waals surface area contributed by atoms with Crippen molar-refractivity contribution >= 4 is 23.9 Å². The predicted octanol–water partition coefficient (Wildman–Crippen LogP) is 2.12. The average Bonchev–Trinajstić information content (AvgIpc) is 3.18. The van der Waals surface area contributed by atoms with Crippen LogP contribution in [0.4, 0.5) is 4.79 Å². The Bertz CT molecular complexity index is 811. The first-order valence-electron chi connectivity index (χ1n) is 8.71. The molecule has 8 nitrogen and oxygen atoms in total. The molecule has 8 heteroatoms. The standard InChI is InChI=1S/C19H22N2O6/c1-25-14-9-8-11(15(26-2)16(14)27-3)10-13-17(22)20-19(24)21(18(13)23)12-6-4-5-7-12/h8-10,12H,4-7H2,1-3H3,(H,20,22,24)/b13-10-. The van der Waals surface area contributed by atoms with Crippen LogP contribution in [0, 0.1) is 0 Å². The Morgan fingerprint density at radius 1 is 1.00 bits per heavy atom. The molecular formula is C19H22N2O6. The summed E-state index contributed by atoms with van der Waals surface area (Å²) in [5.41, 5.74) is 0.349. The molecule has 27 heavy (non-hydrogen) atoms. The van der Waals surface area contributed by atoms with Gasteiger partial charge in [-0.15, -0.1) is 0 Å². The molecule has 2 fully saturated rings. The van der Waals surface area contributed by atoms with Crippen LogP contribution < -0.4 is 19.5 Å². The highest BCUT2D eigenvalue weighted by Crippen LogP contribution is 2.41. The lowest BCUT2D eigenvalue weighted by molar-refractivity contribution is -0.131. The van der Waals surface area contributed by atoms with Gasteiger partial charge in [0.2, 0.25) is 5.75 Å². The van der Waals surface area contributed by atoms with Crippen LogP contribution in [-0.4, -0.2) is 50.1 Å². The van der Waals surface area contributed by atoms with Crippen LogP contribution in [0.2, 0.25) is 0 Å². The van der Waals surface area contributed by atoms with E-state index in [1.165, 1.54) is 27.4 Å². The summed E-state index contributed by atoms with van der Waals surface area (Å²) in [6.45, 7) is 0. The average molecular weight is 374 g/mol. The van der Waals surface area contributed by atoms with Crippen LogP contribution >= 0.6 is 0 Å². The SMILES string of the molecule is COc1ccc(/C=C2/C(=O)NC(=O)N(C3CCCC3)C2=O)c(OC)c1OC. The summed E-state index contributed by atoms with van der Waals surface area (Å²) < 4.78 is 16.0. The topological polar surface area (TPSA) is 94.2 Å². The number of rotatable bonds is 5. The number of nitrogens with one attached hydrogen (secondary N) is 1. The van der Waals surface area contributed by atoms with E-state index >= 15 is 0 Å². The molecule has 0 radical (unpaired) electrons. The summed E-state index contributed by atoms with van der Waals surface area (Å²) in [6, 6.07) is 2.47. The Balaban J connectivity index is 2.03. The van der Waals surface area contributed by atoms with Crippen molar-refractivity contribution in [2.45, 2.75) is 31.7 Å². The molecule has 1 saturated carbocycles. The molecule has 4 amide bonds. The maximum Gasteiger partial charge on any atom is 0.331 e. The lowest BCUT2D eigenvalue weighted by atomic mass is 10.0. The number of benzene rings is 1. The van der Waals surface area contributed by atoms with Crippen molar-refractivity contribution < 1.29 is 28.6 Å². The Labute approximate surface area is 157 Å². The van der Waals surface area contributed by atoms with E-state index in [9.17, 15) is 14.4 Å². The van der Waals surface area contributed by atoms with Crippen LogP contribution in [-0.2, 0) is 9.59 Å². The normalized spacial score (nSPS) is 19.4. The van der Waals surface area contributed by atoms with Gasteiger partial charge in [0.15, 0.2) is 11.5 Å². The van der Waals surface area contributed by atoms with Crippen LogP contribution in [0.25, 0.3) is 6.08 Å². The van der Waals surface area contributed by atoms with Gasteiger partial charge in [-0.1, -0.05) is 12.8 Å². The highest BCUT2D eigenvalue weighted by molar-refractivity contribution is 6.31. The van der Waals surface area contributed by atoms with Gasteiger partial charge in [0, 0.05) is 11.6 Å². The van der Waals surface area contributed by atoms with Crippen molar-refractivity contribution in [1.29, 1.82) is 0 Å². The number of hydrogen-bond donors (Lipinski definition) is 1. The minimum atomic E-state index is -0.726. The molecule has 1 N–H and O–H groups in total. The molecule has 1 heterocycles. The molecule has 0 atom stereocenters. The summed E-state index contributed by atoms with van der Waals surface area (Å²) in [5.74, 6) is -0.182. The number of carbonyl (C=O) groups is 3. The highest BCUT2D eigenvalue weighted by Gasteiger charge is 2.40. The molecular weight excluding hydrogens is 352 g/mol. The Hall–Kier alpha value is -3.03. The van der Waals surface area contributed by atoms with Crippen LogP contribution in [0.5, 0.6) is 17.2 Å². The fraction of sp³-hybridized carbons (Fsp3) is 0.421. The van der Waals surface area contributed by atoms with Crippen LogP contribution in [0.15, 0.2) is 17.7 Å². The summed E-state index contributed by atoms with van der Waals surface area (Å²) in [5, 5.41) is 2.26. The van der Waals surface area contributed by atoms with Gasteiger partial charge in [-0.25, -0.2) is 4.79 Å². The second-order valence-electron chi connectivity index (χ2n) is 6.35. The number of imide groups is 2. The van der Waals surface area contributed by atoms with Crippen molar-refractivity contribution in [3.05, 3.63) is 23.3 Å². The summed E-state index contributed by atoms with van der Waals surface area (Å²) in [4.78, 5) is 38.6. The van der Waals surface area contributed by atoms with Gasteiger partial charge in [0.25, 0.3) is 11.8 Å². The van der Waals surface area contributed by atoms with Crippen LogP contribution in [0.1, 0.15) is 31.2 Å². The van der Waals surface area contributed by atoms with Gasteiger partial charge in [-0.3, -0.25) is 19.8 Å². The number of methoxy groups -OCH3 is 3. The largest absolute Gasteiger partial charge is 0.493 e. The zero-order valence-electron chi connectivity index (χ0n) is 15.5. The summed E-state index contributed by atoms with van der Waals surface area (Å²) in [7, 11) is 4.42. The third-order valence-corrected chi connectivity index (χ3v) is 4.86. The van der Waals surface area contributed by atoms with Gasteiger partial charge in [0.1, 0.15) is 5.57 Å². The first-order chi connectivity index (χ1) is 13.0. The van der Waals surface area contributed by atoms with E-state index in [1.54, 1.807) is 12.1 Å². The van der Waals surface area contributed by atoms with Crippen molar-refractivity contribution in [1.82, 2.24) is 10.2 Å². The summed E-state index contributed by atoms with van der Waals surface area (Å²) >= 11 is 0. The Kier molecular flexibility index (Phi) is 5.34. The molecule has 0 bridgehead atoms. The van der Waals surface area contributed by atoms with Crippen LogP contribution in [0.3, 0.4) is 0 Å². The van der Waals surface area contributed by atoms with E-state index in [0.29, 0.717) is 22.8 Å². The first kappa shape index (κ1) is 18.8. The molecule has 1 aliphatic carbocycles. The lowest BCUT2D eigenvalue weighted by Crippen LogP contribution is -2.57. The van der Waals surface area contributed by atoms with Crippen molar-refractivity contribution in [3.8, 4) is 17.2 Å². The third kappa shape index (κ3) is 3.34. The molecule has 0 spiro atoms. The molecule has 2 aliphatic rings. The maximum absolute atomic E-state index is 12.9. The van der Waals surface area contributed by atoms with E-state index in [2.05, 4.69) is 5.32 Å². The zero-order valence-corrected chi connectivity index (χ0v) is 15.5. The molecule has 0 aromatic heterocycles. The predicted molar refractivity (Wildman–Crippen MR) is 96.7 cm³/mol. The first-order valence-corrected chi connectivity index (χ1v) is 8.71. The molecule has 1 aromatic carbocycles. The molecule has 0 unspecified atom stereocenters. The number of carbonyl (C=O) groups excluding carboxylic acids is 3. The Morgan fingerprint density at radius 2 is 1.67 bits per heavy atom. The van der Waals surface area contributed by atoms with E-state index < -0.39 is 17.8 Å². The minimum Gasteiger partial charge on any atom is -0.493 e. The molecule has 1 saturated heterocycles. The number of amides is 4. The summed E-state index contributed by atoms with van der Waals surface area (Å²) in [6.07, 6.45) is 4.82. The van der Waals surface area contributed by atoms with Crippen molar-refractivity contribution in [2.75, 3.05) is 21.3 Å². The van der Waals surface area contributed by atoms with E-state index in [1.807, 2.05) is 0 Å². The highest BCUT2D eigenvalue weighted by atomic mass is 16.5. The fourth-order valence-electron chi connectivity index (χ4n) is 3.56. The molecule has 1 aliphatic heterocycles.